The second-order valence-electron chi connectivity index (χ2n) is 7.99. The molecular weight excluding hydrogens is 431 g/mol. The number of esters is 1. The van der Waals surface area contributed by atoms with Gasteiger partial charge in [0.2, 0.25) is 0 Å². The molecule has 33 heavy (non-hydrogen) atoms. The van der Waals surface area contributed by atoms with Crippen molar-refractivity contribution in [3.63, 3.8) is 0 Å². The van der Waals surface area contributed by atoms with E-state index >= 15 is 0 Å². The Balaban J connectivity index is 1.57. The minimum absolute atomic E-state index is 0.0759. The molecule has 1 atom stereocenters. The molecule has 0 amide bonds. The molecule has 0 bridgehead atoms. The molecular formula is C26H24F3NO3. The smallest absolute Gasteiger partial charge is 0.416 e. The highest BCUT2D eigenvalue weighted by atomic mass is 19.4. The van der Waals surface area contributed by atoms with E-state index < -0.39 is 11.7 Å². The van der Waals surface area contributed by atoms with Crippen LogP contribution < -0.4 is 10.1 Å². The predicted molar refractivity (Wildman–Crippen MR) is 118 cm³/mol. The van der Waals surface area contributed by atoms with E-state index in [2.05, 4.69) is 22.2 Å². The molecule has 4 rings (SSSR count). The Morgan fingerprint density at radius 1 is 1.06 bits per heavy atom. The first-order chi connectivity index (χ1) is 15.8. The number of alkyl halides is 3. The van der Waals surface area contributed by atoms with Crippen LogP contribution in [0.3, 0.4) is 0 Å². The van der Waals surface area contributed by atoms with Crippen LogP contribution in [0.4, 0.5) is 13.2 Å². The molecule has 3 aromatic rings. The third kappa shape index (κ3) is 5.54. The average molecular weight is 455 g/mol. The highest BCUT2D eigenvalue weighted by Crippen LogP contribution is 2.36. The lowest BCUT2D eigenvalue weighted by molar-refractivity contribution is -0.140. The topological polar surface area (TPSA) is 47.6 Å². The van der Waals surface area contributed by atoms with Crippen molar-refractivity contribution in [2.45, 2.75) is 38.0 Å². The fourth-order valence-electron chi connectivity index (χ4n) is 4.08. The number of fused-ring (bicyclic) bond motifs is 1. The minimum atomic E-state index is -4.45. The molecule has 0 saturated carbocycles. The summed E-state index contributed by atoms with van der Waals surface area (Å²) < 4.78 is 50.7. The maximum Gasteiger partial charge on any atom is 0.416 e. The quantitative estimate of drug-likeness (QED) is 0.445. The van der Waals surface area contributed by atoms with Crippen LogP contribution in [0.1, 0.15) is 40.3 Å². The fraction of sp³-hybridized carbons (Fsp3) is 0.269. The summed E-state index contributed by atoms with van der Waals surface area (Å²) in [7, 11) is 1.31. The number of aryl methyl sites for hydroxylation is 1. The first-order valence-electron chi connectivity index (χ1n) is 10.7. The summed E-state index contributed by atoms with van der Waals surface area (Å²) in [5, 5.41) is 3.40. The normalized spacial score (nSPS) is 15.2. The van der Waals surface area contributed by atoms with Gasteiger partial charge < -0.3 is 14.8 Å². The van der Waals surface area contributed by atoms with E-state index in [0.29, 0.717) is 22.6 Å². The van der Waals surface area contributed by atoms with Crippen molar-refractivity contribution >= 4 is 5.97 Å². The van der Waals surface area contributed by atoms with Gasteiger partial charge in [0, 0.05) is 18.2 Å². The summed E-state index contributed by atoms with van der Waals surface area (Å²) in [5.74, 6) is 0.379. The highest BCUT2D eigenvalue weighted by Gasteiger charge is 2.31. The summed E-state index contributed by atoms with van der Waals surface area (Å²) >= 11 is 0. The van der Waals surface area contributed by atoms with Gasteiger partial charge in [0.25, 0.3) is 0 Å². The van der Waals surface area contributed by atoms with Crippen LogP contribution in [0.2, 0.25) is 0 Å². The molecule has 0 saturated heterocycles. The van der Waals surface area contributed by atoms with Crippen molar-refractivity contribution in [2.24, 2.45) is 0 Å². The molecule has 1 N–H and O–H groups in total. The lowest BCUT2D eigenvalue weighted by Crippen LogP contribution is -2.19. The van der Waals surface area contributed by atoms with Crippen LogP contribution >= 0.6 is 0 Å². The summed E-state index contributed by atoms with van der Waals surface area (Å²) in [6.45, 7) is 0.222. The number of hydrogen-bond donors (Lipinski definition) is 1. The van der Waals surface area contributed by atoms with Gasteiger partial charge in [-0.05, 0) is 59.9 Å². The number of benzene rings is 3. The molecule has 7 heteroatoms. The van der Waals surface area contributed by atoms with Crippen molar-refractivity contribution in [1.29, 1.82) is 0 Å². The van der Waals surface area contributed by atoms with Crippen LogP contribution in [0, 0.1) is 0 Å². The molecule has 0 heterocycles. The molecule has 3 aromatic carbocycles. The number of methoxy groups -OCH3 is 1. The zero-order valence-electron chi connectivity index (χ0n) is 18.1. The van der Waals surface area contributed by atoms with E-state index in [1.807, 2.05) is 12.1 Å². The third-order valence-corrected chi connectivity index (χ3v) is 5.76. The van der Waals surface area contributed by atoms with E-state index in [0.717, 1.165) is 25.0 Å². The van der Waals surface area contributed by atoms with Crippen LogP contribution in [-0.2, 0) is 35.1 Å². The molecule has 0 fully saturated rings. The van der Waals surface area contributed by atoms with Gasteiger partial charge in [-0.1, -0.05) is 36.4 Å². The van der Waals surface area contributed by atoms with Gasteiger partial charge in [-0.3, -0.25) is 4.79 Å². The molecule has 0 spiro atoms. The zero-order chi connectivity index (χ0) is 23.4. The van der Waals surface area contributed by atoms with Crippen LogP contribution in [-0.4, -0.2) is 13.1 Å². The number of rotatable bonds is 7. The summed E-state index contributed by atoms with van der Waals surface area (Å²) in [5.41, 5.74) is 2.82. The van der Waals surface area contributed by atoms with Gasteiger partial charge in [-0.25, -0.2) is 0 Å². The second-order valence-corrected chi connectivity index (χ2v) is 7.99. The Bertz CT molecular complexity index is 1140. The fourth-order valence-corrected chi connectivity index (χ4v) is 4.08. The molecule has 172 valence electrons. The molecule has 0 aromatic heterocycles. The van der Waals surface area contributed by atoms with E-state index in [-0.39, 0.29) is 25.0 Å². The maximum atomic E-state index is 13.4. The lowest BCUT2D eigenvalue weighted by Gasteiger charge is -2.18. The summed E-state index contributed by atoms with van der Waals surface area (Å²) in [6.07, 6.45) is -2.54. The molecule has 0 unspecified atom stereocenters. The Hall–Kier alpha value is -3.32. The Morgan fingerprint density at radius 3 is 2.67 bits per heavy atom. The Morgan fingerprint density at radius 2 is 1.88 bits per heavy atom. The van der Waals surface area contributed by atoms with E-state index in [9.17, 15) is 18.0 Å². The predicted octanol–water partition coefficient (Wildman–Crippen LogP) is 5.99. The maximum absolute atomic E-state index is 13.4. The molecule has 1 aliphatic carbocycles. The summed E-state index contributed by atoms with van der Waals surface area (Å²) in [4.78, 5) is 11.6. The number of carbonyl (C=O) groups excluding carboxylic acids is 1. The van der Waals surface area contributed by atoms with Crippen LogP contribution in [0.15, 0.2) is 66.7 Å². The molecule has 4 nitrogen and oxygen atoms in total. The van der Waals surface area contributed by atoms with Crippen LogP contribution in [0.5, 0.6) is 11.5 Å². The van der Waals surface area contributed by atoms with E-state index in [1.54, 1.807) is 24.3 Å². The SMILES string of the molecule is COC(=O)Cc1cccc(Oc2ccc(C(F)(F)F)cc2CN[C@H]2CCc3ccccc32)c1. The van der Waals surface area contributed by atoms with Crippen molar-refractivity contribution < 1.29 is 27.4 Å². The average Bonchev–Trinajstić information content (AvgIpc) is 3.21. The standard InChI is InChI=1S/C26H24F3NO3/c1-32-25(31)14-17-5-4-7-21(13-17)33-24-12-10-20(26(27,28)29)15-19(24)16-30-23-11-9-18-6-2-3-8-22(18)23/h2-8,10,12-13,15,23,30H,9,11,14,16H2,1H3/t23-/m0/s1. The lowest BCUT2D eigenvalue weighted by atomic mass is 10.1. The van der Waals surface area contributed by atoms with Gasteiger partial charge in [0.05, 0.1) is 19.1 Å². The van der Waals surface area contributed by atoms with Gasteiger partial charge >= 0.3 is 12.1 Å². The van der Waals surface area contributed by atoms with Crippen molar-refractivity contribution in [1.82, 2.24) is 5.32 Å². The van der Waals surface area contributed by atoms with Gasteiger partial charge in [0.15, 0.2) is 0 Å². The first kappa shape index (κ1) is 22.9. The van der Waals surface area contributed by atoms with E-state index in [4.69, 9.17) is 4.74 Å². The van der Waals surface area contributed by atoms with Crippen LogP contribution in [0.25, 0.3) is 0 Å². The number of halogens is 3. The first-order valence-corrected chi connectivity index (χ1v) is 10.7. The third-order valence-electron chi connectivity index (χ3n) is 5.76. The van der Waals surface area contributed by atoms with Gasteiger partial charge in [-0.2, -0.15) is 13.2 Å². The molecule has 1 aliphatic rings. The monoisotopic (exact) mass is 455 g/mol. The Labute approximate surface area is 190 Å². The van der Waals surface area contributed by atoms with Gasteiger partial charge in [0.1, 0.15) is 11.5 Å². The Kier molecular flexibility index (Phi) is 6.70. The zero-order valence-corrected chi connectivity index (χ0v) is 18.1. The minimum Gasteiger partial charge on any atom is -0.469 e. The summed E-state index contributed by atoms with van der Waals surface area (Å²) in [6, 6.07) is 18.5. The van der Waals surface area contributed by atoms with E-state index in [1.165, 1.54) is 24.3 Å². The largest absolute Gasteiger partial charge is 0.469 e. The number of nitrogens with one attached hydrogen (secondary N) is 1. The van der Waals surface area contributed by atoms with Crippen molar-refractivity contribution in [2.75, 3.05) is 7.11 Å². The molecule has 0 aliphatic heterocycles. The molecule has 0 radical (unpaired) electrons. The van der Waals surface area contributed by atoms with Gasteiger partial charge in [-0.15, -0.1) is 0 Å². The number of ether oxygens (including phenoxy) is 2. The number of hydrogen-bond acceptors (Lipinski definition) is 4. The van der Waals surface area contributed by atoms with Crippen molar-refractivity contribution in [3.05, 3.63) is 94.5 Å². The number of carbonyl (C=O) groups is 1. The second kappa shape index (κ2) is 9.67. The highest BCUT2D eigenvalue weighted by molar-refractivity contribution is 5.72. The van der Waals surface area contributed by atoms with Crippen molar-refractivity contribution in [3.8, 4) is 11.5 Å².